The number of methoxy groups -OCH3 is 1. The fourth-order valence-corrected chi connectivity index (χ4v) is 1.78. The summed E-state index contributed by atoms with van der Waals surface area (Å²) in [6.45, 7) is 7.92. The van der Waals surface area contributed by atoms with Crippen LogP contribution in [0.15, 0.2) is 36.9 Å². The number of benzene rings is 1. The zero-order valence-corrected chi connectivity index (χ0v) is 11.8. The van der Waals surface area contributed by atoms with Crippen molar-refractivity contribution < 1.29 is 9.53 Å². The number of hydrogen-bond donors (Lipinski definition) is 2. The van der Waals surface area contributed by atoms with Crippen molar-refractivity contribution in [2.45, 2.75) is 25.9 Å². The van der Waals surface area contributed by atoms with Crippen LogP contribution in [0.25, 0.3) is 0 Å². The molecule has 1 aromatic carbocycles. The Labute approximate surface area is 114 Å². The number of hydrogen-bond acceptors (Lipinski definition) is 3. The minimum atomic E-state index is -0.263. The van der Waals surface area contributed by atoms with Gasteiger partial charge in [0.05, 0.1) is 13.2 Å². The summed E-state index contributed by atoms with van der Waals surface area (Å²) in [6, 6.07) is 7.62. The molecule has 1 rings (SSSR count). The van der Waals surface area contributed by atoms with Gasteiger partial charge in [-0.2, -0.15) is 0 Å². The fraction of sp³-hybridized carbons (Fsp3) is 0.400. The quantitative estimate of drug-likeness (QED) is 0.739. The second-order valence-corrected chi connectivity index (χ2v) is 4.42. The Kier molecular flexibility index (Phi) is 6.09. The lowest BCUT2D eigenvalue weighted by Gasteiger charge is -2.20. The topological polar surface area (TPSA) is 50.4 Å². The molecule has 1 amide bonds. The van der Waals surface area contributed by atoms with E-state index in [0.717, 1.165) is 11.3 Å². The molecule has 0 spiro atoms. The van der Waals surface area contributed by atoms with E-state index in [1.165, 1.54) is 0 Å². The molecule has 4 nitrogen and oxygen atoms in total. The molecule has 0 fully saturated rings. The summed E-state index contributed by atoms with van der Waals surface area (Å²) in [7, 11) is 1.64. The summed E-state index contributed by atoms with van der Waals surface area (Å²) in [4.78, 5) is 11.7. The van der Waals surface area contributed by atoms with Gasteiger partial charge in [0.1, 0.15) is 5.75 Å². The summed E-state index contributed by atoms with van der Waals surface area (Å²) in [5.41, 5.74) is 1.09. The zero-order valence-electron chi connectivity index (χ0n) is 11.8. The first-order valence-corrected chi connectivity index (χ1v) is 6.37. The molecular formula is C15H22N2O2. The monoisotopic (exact) mass is 262 g/mol. The maximum absolute atomic E-state index is 11.7. The van der Waals surface area contributed by atoms with Crippen LogP contribution in [0, 0.1) is 0 Å². The number of carbonyl (C=O) groups is 1. The Balaban J connectivity index is 2.60. The summed E-state index contributed by atoms with van der Waals surface area (Å²) in [6.07, 6.45) is 1.66. The van der Waals surface area contributed by atoms with Crippen LogP contribution in [0.2, 0.25) is 0 Å². The van der Waals surface area contributed by atoms with Gasteiger partial charge in [-0.3, -0.25) is 10.1 Å². The van der Waals surface area contributed by atoms with Crippen molar-refractivity contribution in [2.24, 2.45) is 0 Å². The predicted octanol–water partition coefficient (Wildman–Crippen LogP) is 2.04. The molecule has 0 bridgehead atoms. The minimum absolute atomic E-state index is 0.0327. The summed E-state index contributed by atoms with van der Waals surface area (Å²) >= 11 is 0. The highest BCUT2D eigenvalue weighted by atomic mass is 16.5. The Hall–Kier alpha value is -1.81. The molecule has 0 aromatic heterocycles. The van der Waals surface area contributed by atoms with Crippen LogP contribution < -0.4 is 15.4 Å². The molecule has 0 aliphatic rings. The van der Waals surface area contributed by atoms with E-state index in [1.807, 2.05) is 38.1 Å². The molecule has 0 saturated heterocycles. The summed E-state index contributed by atoms with van der Waals surface area (Å²) in [5, 5.41) is 6.02. The van der Waals surface area contributed by atoms with Crippen LogP contribution in [-0.4, -0.2) is 25.6 Å². The lowest BCUT2D eigenvalue weighted by atomic mass is 10.1. The van der Waals surface area contributed by atoms with Crippen LogP contribution in [0.4, 0.5) is 0 Å². The van der Waals surface area contributed by atoms with Gasteiger partial charge in [-0.05, 0) is 31.5 Å². The van der Waals surface area contributed by atoms with Crippen molar-refractivity contribution in [3.8, 4) is 5.75 Å². The second-order valence-electron chi connectivity index (χ2n) is 4.42. The lowest BCUT2D eigenvalue weighted by molar-refractivity contribution is -0.122. The molecule has 0 aliphatic carbocycles. The van der Waals surface area contributed by atoms with Crippen molar-refractivity contribution >= 4 is 5.91 Å². The molecule has 2 atom stereocenters. The van der Waals surface area contributed by atoms with E-state index in [9.17, 15) is 4.79 Å². The van der Waals surface area contributed by atoms with Gasteiger partial charge >= 0.3 is 0 Å². The van der Waals surface area contributed by atoms with Crippen LogP contribution >= 0.6 is 0 Å². The molecule has 0 radical (unpaired) electrons. The van der Waals surface area contributed by atoms with E-state index >= 15 is 0 Å². The Morgan fingerprint density at radius 1 is 1.47 bits per heavy atom. The first-order chi connectivity index (χ1) is 9.08. The third-order valence-corrected chi connectivity index (χ3v) is 2.91. The minimum Gasteiger partial charge on any atom is -0.497 e. The predicted molar refractivity (Wildman–Crippen MR) is 77.2 cm³/mol. The van der Waals surface area contributed by atoms with Crippen molar-refractivity contribution in [1.82, 2.24) is 10.6 Å². The van der Waals surface area contributed by atoms with E-state index in [-0.39, 0.29) is 18.0 Å². The number of rotatable bonds is 7. The lowest BCUT2D eigenvalue weighted by Crippen LogP contribution is -2.43. The molecule has 0 aliphatic heterocycles. The molecule has 1 aromatic rings. The largest absolute Gasteiger partial charge is 0.497 e. The Bertz CT molecular complexity index is 432. The smallest absolute Gasteiger partial charge is 0.237 e. The SMILES string of the molecule is C=CCNC(=O)C(C)N[C@H](C)c1cccc(OC)c1. The number of carbonyl (C=O) groups excluding carboxylic acids is 1. The van der Waals surface area contributed by atoms with Crippen LogP contribution in [0.1, 0.15) is 25.5 Å². The molecule has 0 saturated carbocycles. The van der Waals surface area contributed by atoms with Gasteiger partial charge in [0.15, 0.2) is 0 Å². The maximum atomic E-state index is 11.7. The summed E-state index contributed by atoms with van der Waals surface area (Å²) < 4.78 is 5.19. The average Bonchev–Trinajstić information content (AvgIpc) is 2.44. The maximum Gasteiger partial charge on any atom is 0.237 e. The van der Waals surface area contributed by atoms with Crippen molar-refractivity contribution in [1.29, 1.82) is 0 Å². The van der Waals surface area contributed by atoms with Crippen LogP contribution in [-0.2, 0) is 4.79 Å². The number of amides is 1. The van der Waals surface area contributed by atoms with Gasteiger partial charge in [0.2, 0.25) is 5.91 Å². The Morgan fingerprint density at radius 3 is 2.84 bits per heavy atom. The van der Waals surface area contributed by atoms with Gasteiger partial charge in [-0.25, -0.2) is 0 Å². The van der Waals surface area contributed by atoms with Gasteiger partial charge in [-0.15, -0.1) is 6.58 Å². The van der Waals surface area contributed by atoms with Crippen LogP contribution in [0.3, 0.4) is 0 Å². The van der Waals surface area contributed by atoms with Gasteiger partial charge < -0.3 is 10.1 Å². The zero-order chi connectivity index (χ0) is 14.3. The third-order valence-electron chi connectivity index (χ3n) is 2.91. The van der Waals surface area contributed by atoms with E-state index in [0.29, 0.717) is 6.54 Å². The van der Waals surface area contributed by atoms with Crippen molar-refractivity contribution in [3.63, 3.8) is 0 Å². The highest BCUT2D eigenvalue weighted by Gasteiger charge is 2.15. The molecule has 0 heterocycles. The van der Waals surface area contributed by atoms with Gasteiger partial charge in [0, 0.05) is 12.6 Å². The number of nitrogens with one attached hydrogen (secondary N) is 2. The van der Waals surface area contributed by atoms with Crippen LogP contribution in [0.5, 0.6) is 5.75 Å². The summed E-state index contributed by atoms with van der Waals surface area (Å²) in [5.74, 6) is 0.782. The first-order valence-electron chi connectivity index (χ1n) is 6.37. The standard InChI is InChI=1S/C15H22N2O2/c1-5-9-16-15(18)12(3)17-11(2)13-7-6-8-14(10-13)19-4/h5-8,10-12,17H,1,9H2,2-4H3,(H,16,18)/t11-,12?/m1/s1. The first kappa shape index (κ1) is 15.2. The molecule has 104 valence electrons. The van der Waals surface area contributed by atoms with Crippen molar-refractivity contribution in [2.75, 3.05) is 13.7 Å². The van der Waals surface area contributed by atoms with Crippen molar-refractivity contribution in [3.05, 3.63) is 42.5 Å². The fourth-order valence-electron chi connectivity index (χ4n) is 1.78. The normalized spacial score (nSPS) is 13.4. The third kappa shape index (κ3) is 4.75. The molecule has 4 heteroatoms. The highest BCUT2D eigenvalue weighted by Crippen LogP contribution is 2.19. The van der Waals surface area contributed by atoms with Gasteiger partial charge in [-0.1, -0.05) is 18.2 Å². The molecular weight excluding hydrogens is 240 g/mol. The highest BCUT2D eigenvalue weighted by molar-refractivity contribution is 5.81. The van der Waals surface area contributed by atoms with E-state index in [1.54, 1.807) is 13.2 Å². The average molecular weight is 262 g/mol. The van der Waals surface area contributed by atoms with E-state index in [2.05, 4.69) is 17.2 Å². The number of ether oxygens (including phenoxy) is 1. The van der Waals surface area contributed by atoms with E-state index < -0.39 is 0 Å². The molecule has 19 heavy (non-hydrogen) atoms. The second kappa shape index (κ2) is 7.59. The van der Waals surface area contributed by atoms with Gasteiger partial charge in [0.25, 0.3) is 0 Å². The van der Waals surface area contributed by atoms with E-state index in [4.69, 9.17) is 4.74 Å². The Morgan fingerprint density at radius 2 is 2.21 bits per heavy atom. The molecule has 1 unspecified atom stereocenters. The molecule has 2 N–H and O–H groups in total.